The van der Waals surface area contributed by atoms with E-state index in [2.05, 4.69) is 53.1 Å². The van der Waals surface area contributed by atoms with Gasteiger partial charge in [0.2, 0.25) is 0 Å². The van der Waals surface area contributed by atoms with Crippen LogP contribution in [-0.2, 0) is 0 Å². The van der Waals surface area contributed by atoms with Crippen LogP contribution in [0.1, 0.15) is 0 Å². The second-order valence-electron chi connectivity index (χ2n) is 2.85. The van der Waals surface area contributed by atoms with Gasteiger partial charge in [-0.2, -0.15) is 0 Å². The van der Waals surface area contributed by atoms with E-state index in [0.29, 0.717) is 17.3 Å². The minimum absolute atomic E-state index is 0.571. The molecule has 1 rings (SSSR count). The van der Waals surface area contributed by atoms with E-state index >= 15 is 0 Å². The fourth-order valence-corrected chi connectivity index (χ4v) is 2.46. The molecular weight excluding hydrogens is 425 g/mol. The summed E-state index contributed by atoms with van der Waals surface area (Å²) in [5, 5.41) is 3.77. The van der Waals surface area contributed by atoms with Crippen LogP contribution in [0.4, 0.5) is 5.69 Å². The molecule has 0 amide bonds. The Labute approximate surface area is 125 Å². The fraction of sp³-hybridized carbons (Fsp3) is 0.200. The molecule has 0 aromatic heterocycles. The lowest BCUT2D eigenvalue weighted by atomic mass is 10.3. The van der Waals surface area contributed by atoms with Crippen LogP contribution in [0.3, 0.4) is 0 Å². The summed E-state index contributed by atoms with van der Waals surface area (Å²) >= 11 is 16.0. The third-order valence-electron chi connectivity index (χ3n) is 1.76. The molecule has 88 valence electrons. The second-order valence-corrected chi connectivity index (χ2v) is 6.88. The van der Waals surface area contributed by atoms with Gasteiger partial charge in [-0.25, -0.2) is 0 Å². The van der Waals surface area contributed by atoms with Crippen LogP contribution >= 0.6 is 59.4 Å². The minimum atomic E-state index is 0.571. The Bertz CT molecular complexity index is 382. The molecule has 0 unspecified atom stereocenters. The van der Waals surface area contributed by atoms with E-state index in [1.165, 1.54) is 0 Å². The van der Waals surface area contributed by atoms with Crippen LogP contribution in [0.2, 0.25) is 5.02 Å². The van der Waals surface area contributed by atoms with Crippen molar-refractivity contribution in [1.29, 1.82) is 0 Å². The number of benzene rings is 1. The lowest BCUT2D eigenvalue weighted by molar-refractivity contribution is 0.412. The third kappa shape index (κ3) is 4.28. The maximum atomic E-state index is 6.05. The van der Waals surface area contributed by atoms with Crippen LogP contribution in [-0.4, -0.2) is 13.7 Å². The smallest absolute Gasteiger partial charge is 0.151 e. The van der Waals surface area contributed by atoms with E-state index in [-0.39, 0.29) is 0 Å². The quantitative estimate of drug-likeness (QED) is 0.708. The van der Waals surface area contributed by atoms with E-state index in [0.717, 1.165) is 13.6 Å². The van der Waals surface area contributed by atoms with Crippen molar-refractivity contribution < 1.29 is 4.74 Å². The molecule has 0 bridgehead atoms. The van der Waals surface area contributed by atoms with Gasteiger partial charge >= 0.3 is 0 Å². The first-order valence-corrected chi connectivity index (χ1v) is 7.08. The van der Waals surface area contributed by atoms with Crippen molar-refractivity contribution >= 4 is 65.1 Å². The molecule has 0 saturated heterocycles. The number of hydrogen-bond donors (Lipinski definition) is 1. The molecule has 16 heavy (non-hydrogen) atoms. The molecule has 0 spiro atoms. The SMILES string of the molecule is COc1c(Cl)cc(NCC=C(Br)Br)cc1Br. The molecular formula is C10H9Br3ClNO. The maximum absolute atomic E-state index is 6.05. The normalized spacial score (nSPS) is 9.81. The van der Waals surface area contributed by atoms with Gasteiger partial charge in [-0.3, -0.25) is 0 Å². The monoisotopic (exact) mass is 431 g/mol. The Morgan fingerprint density at radius 1 is 1.50 bits per heavy atom. The predicted molar refractivity (Wildman–Crippen MR) is 80.1 cm³/mol. The van der Waals surface area contributed by atoms with E-state index in [1.54, 1.807) is 7.11 Å². The average Bonchev–Trinajstić information content (AvgIpc) is 2.16. The predicted octanol–water partition coefficient (Wildman–Crippen LogP) is 5.15. The summed E-state index contributed by atoms with van der Waals surface area (Å²) < 4.78 is 6.87. The van der Waals surface area contributed by atoms with Gasteiger partial charge in [0.05, 0.1) is 20.0 Å². The molecule has 1 N–H and O–H groups in total. The highest BCUT2D eigenvalue weighted by Gasteiger charge is 2.07. The third-order valence-corrected chi connectivity index (χ3v) is 3.28. The summed E-state index contributed by atoms with van der Waals surface area (Å²) in [7, 11) is 1.59. The van der Waals surface area contributed by atoms with Gasteiger partial charge in [0.25, 0.3) is 0 Å². The molecule has 0 saturated carbocycles. The number of anilines is 1. The highest BCUT2D eigenvalue weighted by Crippen LogP contribution is 2.35. The number of hydrogen-bond acceptors (Lipinski definition) is 2. The van der Waals surface area contributed by atoms with E-state index in [4.69, 9.17) is 16.3 Å². The molecule has 0 aliphatic rings. The highest BCUT2D eigenvalue weighted by atomic mass is 79.9. The van der Waals surface area contributed by atoms with Gasteiger partial charge in [0, 0.05) is 12.2 Å². The maximum Gasteiger partial charge on any atom is 0.151 e. The fourth-order valence-electron chi connectivity index (χ4n) is 1.10. The Morgan fingerprint density at radius 3 is 2.69 bits per heavy atom. The Kier molecular flexibility index (Phi) is 6.18. The first kappa shape index (κ1) is 14.4. The molecule has 0 fully saturated rings. The first-order valence-electron chi connectivity index (χ1n) is 4.32. The van der Waals surface area contributed by atoms with Crippen LogP contribution in [0.25, 0.3) is 0 Å². The zero-order valence-electron chi connectivity index (χ0n) is 8.36. The first-order chi connectivity index (χ1) is 7.54. The summed E-state index contributed by atoms with van der Waals surface area (Å²) in [6.45, 7) is 0.695. The number of nitrogens with one attached hydrogen (secondary N) is 1. The molecule has 0 radical (unpaired) electrons. The Hall–Kier alpha value is 0.290. The van der Waals surface area contributed by atoms with Gasteiger partial charge in [0.15, 0.2) is 5.75 Å². The largest absolute Gasteiger partial charge is 0.494 e. The lowest BCUT2D eigenvalue weighted by Crippen LogP contribution is -1.99. The van der Waals surface area contributed by atoms with Crippen LogP contribution in [0.5, 0.6) is 5.75 Å². The molecule has 0 heterocycles. The van der Waals surface area contributed by atoms with Gasteiger partial charge < -0.3 is 10.1 Å². The lowest BCUT2D eigenvalue weighted by Gasteiger charge is -2.09. The van der Waals surface area contributed by atoms with Crippen LogP contribution < -0.4 is 10.1 Å². The van der Waals surface area contributed by atoms with Crippen molar-refractivity contribution in [3.8, 4) is 5.75 Å². The Balaban J connectivity index is 2.80. The molecule has 6 heteroatoms. The van der Waals surface area contributed by atoms with Gasteiger partial charge in [-0.05, 0) is 66.0 Å². The number of rotatable bonds is 4. The van der Waals surface area contributed by atoms with Crippen LogP contribution in [0, 0.1) is 0 Å². The second kappa shape index (κ2) is 6.89. The van der Waals surface area contributed by atoms with Gasteiger partial charge in [0.1, 0.15) is 0 Å². The highest BCUT2D eigenvalue weighted by molar-refractivity contribution is 9.28. The molecule has 1 aromatic rings. The van der Waals surface area contributed by atoms with Crippen molar-refractivity contribution in [1.82, 2.24) is 0 Å². The summed E-state index contributed by atoms with van der Waals surface area (Å²) in [6, 6.07) is 3.74. The molecule has 0 aliphatic carbocycles. The summed E-state index contributed by atoms with van der Waals surface area (Å²) in [5.41, 5.74) is 0.926. The van der Waals surface area contributed by atoms with Crippen LogP contribution in [0.15, 0.2) is 26.1 Å². The summed E-state index contributed by atoms with van der Waals surface area (Å²) in [6.07, 6.45) is 1.95. The van der Waals surface area contributed by atoms with Gasteiger partial charge in [-0.15, -0.1) is 0 Å². The van der Waals surface area contributed by atoms with Crippen molar-refractivity contribution in [2.24, 2.45) is 0 Å². The molecule has 1 aromatic carbocycles. The number of ether oxygens (including phenoxy) is 1. The summed E-state index contributed by atoms with van der Waals surface area (Å²) in [4.78, 5) is 0. The van der Waals surface area contributed by atoms with E-state index < -0.39 is 0 Å². The van der Waals surface area contributed by atoms with Gasteiger partial charge in [-0.1, -0.05) is 11.6 Å². The minimum Gasteiger partial charge on any atom is -0.494 e. The Morgan fingerprint density at radius 2 is 2.19 bits per heavy atom. The molecule has 2 nitrogen and oxygen atoms in total. The average molecular weight is 434 g/mol. The standard InChI is InChI=1S/C10H9Br3ClNO/c1-16-10-7(11)4-6(5-8(10)14)15-3-2-9(12)13/h2,4-5,15H,3H2,1H3. The van der Waals surface area contributed by atoms with Crippen molar-refractivity contribution in [3.63, 3.8) is 0 Å². The topological polar surface area (TPSA) is 21.3 Å². The van der Waals surface area contributed by atoms with E-state index in [9.17, 15) is 0 Å². The number of methoxy groups -OCH3 is 1. The zero-order chi connectivity index (χ0) is 12.1. The van der Waals surface area contributed by atoms with E-state index in [1.807, 2.05) is 18.2 Å². The summed E-state index contributed by atoms with van der Waals surface area (Å²) in [5.74, 6) is 0.643. The zero-order valence-corrected chi connectivity index (χ0v) is 13.9. The van der Waals surface area contributed by atoms with Crippen molar-refractivity contribution in [2.75, 3.05) is 19.0 Å². The van der Waals surface area contributed by atoms with Crippen molar-refractivity contribution in [3.05, 3.63) is 31.1 Å². The number of halogens is 4. The van der Waals surface area contributed by atoms with Crippen molar-refractivity contribution in [2.45, 2.75) is 0 Å². The molecule has 0 atom stereocenters. The molecule has 0 aliphatic heterocycles.